The van der Waals surface area contributed by atoms with Gasteiger partial charge in [-0.3, -0.25) is 0 Å². The summed E-state index contributed by atoms with van der Waals surface area (Å²) in [6.07, 6.45) is 5.01. The number of hydrogen-bond donors (Lipinski definition) is 3. The number of rotatable bonds is 0. The fourth-order valence-electron chi connectivity index (χ4n) is 0.862. The van der Waals surface area contributed by atoms with Gasteiger partial charge in [0.15, 0.2) is 11.8 Å². The van der Waals surface area contributed by atoms with Gasteiger partial charge in [-0.1, -0.05) is 0 Å². The van der Waals surface area contributed by atoms with E-state index in [-0.39, 0.29) is 0 Å². The number of nitrogens with two attached hydrogens (primary N) is 1. The van der Waals surface area contributed by atoms with E-state index in [4.69, 9.17) is 5.73 Å². The van der Waals surface area contributed by atoms with Gasteiger partial charge in [0, 0.05) is 12.4 Å². The van der Waals surface area contributed by atoms with E-state index in [1.165, 1.54) is 0 Å². The van der Waals surface area contributed by atoms with Crippen LogP contribution in [0.2, 0.25) is 0 Å². The second-order valence-corrected chi connectivity index (χ2v) is 2.12. The molecular weight excluding hydrogens is 142 g/mol. The monoisotopic (exact) mass is 149 g/mol. The molecule has 5 nitrogen and oxygen atoms in total. The highest BCUT2D eigenvalue weighted by Crippen LogP contribution is 2.01. The molecule has 2 aliphatic rings. The van der Waals surface area contributed by atoms with Gasteiger partial charge in [-0.05, 0) is 0 Å². The minimum Gasteiger partial charge on any atom is -0.369 e. The number of aliphatic imine (C=N–C) groups is 2. The van der Waals surface area contributed by atoms with E-state index in [9.17, 15) is 0 Å². The van der Waals surface area contributed by atoms with Gasteiger partial charge in [-0.2, -0.15) is 0 Å². The van der Waals surface area contributed by atoms with E-state index in [0.29, 0.717) is 11.8 Å². The second-order valence-electron chi connectivity index (χ2n) is 2.12. The SMILES string of the molecule is NC1=NC=C2NC=CN=C2N1. The molecule has 2 aliphatic heterocycles. The van der Waals surface area contributed by atoms with Crippen LogP contribution >= 0.6 is 0 Å². The topological polar surface area (TPSA) is 74.8 Å². The number of hydrogen-bond acceptors (Lipinski definition) is 5. The second kappa shape index (κ2) is 2.12. The van der Waals surface area contributed by atoms with Crippen molar-refractivity contribution in [3.63, 3.8) is 0 Å². The fourth-order valence-corrected chi connectivity index (χ4v) is 0.862. The van der Waals surface area contributed by atoms with Crippen molar-refractivity contribution < 1.29 is 0 Å². The van der Waals surface area contributed by atoms with Gasteiger partial charge in [0.05, 0.1) is 6.20 Å². The highest BCUT2D eigenvalue weighted by molar-refractivity contribution is 6.10. The van der Waals surface area contributed by atoms with Gasteiger partial charge in [-0.25, -0.2) is 9.98 Å². The van der Waals surface area contributed by atoms with Crippen LogP contribution in [0.3, 0.4) is 0 Å². The van der Waals surface area contributed by atoms with Crippen LogP contribution in [0.1, 0.15) is 0 Å². The summed E-state index contributed by atoms with van der Waals surface area (Å²) in [5, 5.41) is 5.78. The predicted octanol–water partition coefficient (Wildman–Crippen LogP) is -0.781. The minimum absolute atomic E-state index is 0.365. The van der Waals surface area contributed by atoms with E-state index in [1.54, 1.807) is 18.6 Å². The van der Waals surface area contributed by atoms with Crippen molar-refractivity contribution in [2.45, 2.75) is 0 Å². The largest absolute Gasteiger partial charge is 0.369 e. The molecule has 5 heteroatoms. The number of nitrogens with zero attached hydrogens (tertiary/aromatic N) is 2. The Bertz CT molecular complexity index is 296. The van der Waals surface area contributed by atoms with Crippen LogP contribution in [0, 0.1) is 0 Å². The Labute approximate surface area is 63.4 Å². The molecule has 56 valence electrons. The van der Waals surface area contributed by atoms with Gasteiger partial charge in [0.2, 0.25) is 0 Å². The first-order chi connectivity index (χ1) is 5.36. The van der Waals surface area contributed by atoms with Gasteiger partial charge in [-0.15, -0.1) is 0 Å². The highest BCUT2D eigenvalue weighted by atomic mass is 15.2. The van der Waals surface area contributed by atoms with Crippen LogP contribution in [-0.2, 0) is 0 Å². The summed E-state index contributed by atoms with van der Waals surface area (Å²) < 4.78 is 0. The van der Waals surface area contributed by atoms with Crippen molar-refractivity contribution in [1.29, 1.82) is 0 Å². The number of guanidine groups is 1. The zero-order valence-corrected chi connectivity index (χ0v) is 5.70. The molecule has 0 spiro atoms. The standard InChI is InChI=1S/C6H7N5/c7-6-10-3-4-5(11-6)9-2-1-8-4/h1-3,8H,(H3,7,9,10,11). The Kier molecular flexibility index (Phi) is 1.15. The van der Waals surface area contributed by atoms with Crippen LogP contribution < -0.4 is 16.4 Å². The van der Waals surface area contributed by atoms with Gasteiger partial charge in [0.1, 0.15) is 5.70 Å². The third-order valence-corrected chi connectivity index (χ3v) is 1.35. The molecule has 0 atom stereocenters. The fraction of sp³-hybridized carbons (Fsp3) is 0. The average molecular weight is 149 g/mol. The molecule has 2 rings (SSSR count). The lowest BCUT2D eigenvalue weighted by molar-refractivity contribution is 1.03. The molecule has 11 heavy (non-hydrogen) atoms. The lowest BCUT2D eigenvalue weighted by Gasteiger charge is -2.17. The lowest BCUT2D eigenvalue weighted by Crippen LogP contribution is -2.42. The Morgan fingerprint density at radius 3 is 3.18 bits per heavy atom. The lowest BCUT2D eigenvalue weighted by atomic mass is 10.3. The van der Waals surface area contributed by atoms with Crippen molar-refractivity contribution in [3.8, 4) is 0 Å². The molecule has 0 unspecified atom stereocenters. The Morgan fingerprint density at radius 2 is 2.27 bits per heavy atom. The summed E-state index contributed by atoms with van der Waals surface area (Å²) >= 11 is 0. The van der Waals surface area contributed by atoms with Crippen molar-refractivity contribution in [1.82, 2.24) is 10.6 Å². The van der Waals surface area contributed by atoms with Crippen molar-refractivity contribution in [2.24, 2.45) is 15.7 Å². The molecule has 0 saturated heterocycles. The van der Waals surface area contributed by atoms with Crippen molar-refractivity contribution in [2.75, 3.05) is 0 Å². The van der Waals surface area contributed by atoms with Gasteiger partial charge in [0.25, 0.3) is 0 Å². The first kappa shape index (κ1) is 5.96. The first-order valence-electron chi connectivity index (χ1n) is 3.16. The van der Waals surface area contributed by atoms with Gasteiger partial charge >= 0.3 is 0 Å². The van der Waals surface area contributed by atoms with Crippen LogP contribution in [-0.4, -0.2) is 11.8 Å². The van der Waals surface area contributed by atoms with Crippen LogP contribution in [0.15, 0.2) is 34.3 Å². The van der Waals surface area contributed by atoms with E-state index in [1.807, 2.05) is 0 Å². The maximum atomic E-state index is 5.40. The van der Waals surface area contributed by atoms with E-state index in [0.717, 1.165) is 5.70 Å². The molecule has 0 aromatic carbocycles. The average Bonchev–Trinajstić information content (AvgIpc) is 2.04. The smallest absolute Gasteiger partial charge is 0.199 e. The third kappa shape index (κ3) is 0.958. The maximum absolute atomic E-state index is 5.40. The molecule has 0 aromatic heterocycles. The van der Waals surface area contributed by atoms with Crippen LogP contribution in [0.4, 0.5) is 0 Å². The number of fused-ring (bicyclic) bond motifs is 1. The molecule has 0 amide bonds. The molecule has 0 aromatic rings. The Morgan fingerprint density at radius 1 is 1.36 bits per heavy atom. The van der Waals surface area contributed by atoms with Crippen molar-refractivity contribution >= 4 is 11.8 Å². The Hall–Kier alpha value is -1.78. The van der Waals surface area contributed by atoms with Crippen molar-refractivity contribution in [3.05, 3.63) is 24.3 Å². The summed E-state index contributed by atoms with van der Waals surface area (Å²) in [5.41, 5.74) is 6.24. The minimum atomic E-state index is 0.365. The summed E-state index contributed by atoms with van der Waals surface area (Å²) in [7, 11) is 0. The Balaban J connectivity index is 2.36. The molecule has 0 fully saturated rings. The molecule has 0 saturated carbocycles. The highest BCUT2D eigenvalue weighted by Gasteiger charge is 2.12. The van der Waals surface area contributed by atoms with E-state index >= 15 is 0 Å². The summed E-state index contributed by atoms with van der Waals surface area (Å²) in [4.78, 5) is 7.89. The zero-order chi connectivity index (χ0) is 7.68. The van der Waals surface area contributed by atoms with Crippen LogP contribution in [0.25, 0.3) is 0 Å². The van der Waals surface area contributed by atoms with Crippen LogP contribution in [0.5, 0.6) is 0 Å². The van der Waals surface area contributed by atoms with E-state index < -0.39 is 0 Å². The molecule has 0 bridgehead atoms. The first-order valence-corrected chi connectivity index (χ1v) is 3.16. The molecule has 4 N–H and O–H groups in total. The van der Waals surface area contributed by atoms with Gasteiger partial charge < -0.3 is 16.4 Å². The third-order valence-electron chi connectivity index (χ3n) is 1.35. The summed E-state index contributed by atoms with van der Waals surface area (Å²) in [5.74, 6) is 1.07. The predicted molar refractivity (Wildman–Crippen MR) is 42.6 cm³/mol. The number of nitrogens with one attached hydrogen (secondary N) is 2. The molecule has 2 heterocycles. The normalized spacial score (nSPS) is 20.2. The maximum Gasteiger partial charge on any atom is 0.199 e. The summed E-state index contributed by atoms with van der Waals surface area (Å²) in [6.45, 7) is 0. The summed E-state index contributed by atoms with van der Waals surface area (Å²) in [6, 6.07) is 0. The molecule has 0 radical (unpaired) electrons. The zero-order valence-electron chi connectivity index (χ0n) is 5.70. The quantitative estimate of drug-likeness (QED) is 0.423. The van der Waals surface area contributed by atoms with E-state index in [2.05, 4.69) is 20.6 Å². The molecular formula is C6H7N5. The molecule has 0 aliphatic carbocycles. The number of amidine groups is 1.